The van der Waals surface area contributed by atoms with Gasteiger partial charge >= 0.3 is 11.8 Å². The second-order valence-electron chi connectivity index (χ2n) is 4.12. The molecule has 3 N–H and O–H groups in total. The average Bonchev–Trinajstić information content (AvgIpc) is 2.83. The highest BCUT2D eigenvalue weighted by molar-refractivity contribution is 6.34. The van der Waals surface area contributed by atoms with E-state index in [-0.39, 0.29) is 0 Å². The monoisotopic (exact) mass is 235 g/mol. The molecule has 0 aromatic carbocycles. The second kappa shape index (κ2) is 4.40. The summed E-state index contributed by atoms with van der Waals surface area (Å²) < 4.78 is 5.50. The van der Waals surface area contributed by atoms with Gasteiger partial charge in [-0.05, 0) is 24.5 Å². The molecular weight excluding hydrogens is 222 g/mol. The number of furan rings is 1. The molecule has 0 bridgehead atoms. The SMILES string of the molecule is C[C@@H]1C[C@@H]1c1ccc(/C=N\NC(=O)C(N)=O)o1. The van der Waals surface area contributed by atoms with E-state index in [0.29, 0.717) is 17.6 Å². The maximum absolute atomic E-state index is 10.8. The van der Waals surface area contributed by atoms with Crippen LogP contribution in [0.5, 0.6) is 0 Å². The van der Waals surface area contributed by atoms with Crippen LogP contribution in [-0.4, -0.2) is 18.0 Å². The normalized spacial score (nSPS) is 22.6. The predicted molar refractivity (Wildman–Crippen MR) is 60.2 cm³/mol. The van der Waals surface area contributed by atoms with Gasteiger partial charge in [-0.3, -0.25) is 9.59 Å². The number of amides is 2. The smallest absolute Gasteiger partial charge is 0.329 e. The third-order valence-corrected chi connectivity index (χ3v) is 2.70. The van der Waals surface area contributed by atoms with Gasteiger partial charge in [0.2, 0.25) is 0 Å². The number of carbonyl (C=O) groups is 2. The minimum atomic E-state index is -1.07. The van der Waals surface area contributed by atoms with Crippen LogP contribution >= 0.6 is 0 Å². The molecule has 1 aromatic heterocycles. The summed E-state index contributed by atoms with van der Waals surface area (Å²) in [6.07, 6.45) is 2.47. The van der Waals surface area contributed by atoms with Crippen LogP contribution in [0.2, 0.25) is 0 Å². The fourth-order valence-electron chi connectivity index (χ4n) is 1.57. The average molecular weight is 235 g/mol. The van der Waals surface area contributed by atoms with Crippen LogP contribution in [0.25, 0.3) is 0 Å². The maximum Gasteiger partial charge on any atom is 0.329 e. The second-order valence-corrected chi connectivity index (χ2v) is 4.12. The van der Waals surface area contributed by atoms with E-state index in [9.17, 15) is 9.59 Å². The van der Waals surface area contributed by atoms with E-state index in [2.05, 4.69) is 12.0 Å². The Morgan fingerprint density at radius 1 is 1.59 bits per heavy atom. The molecule has 1 aliphatic carbocycles. The number of hydrazone groups is 1. The van der Waals surface area contributed by atoms with Gasteiger partial charge in [0.05, 0.1) is 6.21 Å². The summed E-state index contributed by atoms with van der Waals surface area (Å²) in [6, 6.07) is 3.66. The summed E-state index contributed by atoms with van der Waals surface area (Å²) in [7, 11) is 0. The van der Waals surface area contributed by atoms with E-state index in [1.807, 2.05) is 11.5 Å². The van der Waals surface area contributed by atoms with Crippen molar-refractivity contribution in [3.63, 3.8) is 0 Å². The first-order chi connectivity index (χ1) is 8.08. The Kier molecular flexibility index (Phi) is 2.95. The van der Waals surface area contributed by atoms with Crippen LogP contribution in [0.4, 0.5) is 0 Å². The Hall–Kier alpha value is -2.11. The lowest BCUT2D eigenvalue weighted by Crippen LogP contribution is -2.32. The molecule has 1 aliphatic rings. The molecular formula is C11H13N3O3. The van der Waals surface area contributed by atoms with Crippen molar-refractivity contribution in [2.75, 3.05) is 0 Å². The summed E-state index contributed by atoms with van der Waals surface area (Å²) in [6.45, 7) is 2.16. The molecule has 1 saturated carbocycles. The molecule has 0 unspecified atom stereocenters. The molecule has 6 heteroatoms. The summed E-state index contributed by atoms with van der Waals surface area (Å²) in [5.74, 6) is 0.597. The first-order valence-corrected chi connectivity index (χ1v) is 5.30. The van der Waals surface area contributed by atoms with E-state index in [1.54, 1.807) is 6.07 Å². The van der Waals surface area contributed by atoms with E-state index in [0.717, 1.165) is 12.2 Å². The van der Waals surface area contributed by atoms with Crippen molar-refractivity contribution in [1.29, 1.82) is 0 Å². The van der Waals surface area contributed by atoms with Crippen molar-refractivity contribution < 1.29 is 14.0 Å². The number of nitrogens with one attached hydrogen (secondary N) is 1. The molecule has 17 heavy (non-hydrogen) atoms. The lowest BCUT2D eigenvalue weighted by Gasteiger charge is -1.92. The number of nitrogens with two attached hydrogens (primary N) is 1. The Labute approximate surface area is 97.9 Å². The summed E-state index contributed by atoms with van der Waals surface area (Å²) in [5, 5.41) is 3.56. The molecule has 0 aliphatic heterocycles. The standard InChI is InChI=1S/C11H13N3O3/c1-6-4-8(6)9-3-2-7(17-9)5-13-14-11(16)10(12)15/h2-3,5-6,8H,4H2,1H3,(H2,12,15)(H,14,16)/b13-5-/t6-,8+/m1/s1. The fraction of sp³-hybridized carbons (Fsp3) is 0.364. The largest absolute Gasteiger partial charge is 0.460 e. The highest BCUT2D eigenvalue weighted by atomic mass is 16.3. The zero-order chi connectivity index (χ0) is 12.4. The fourth-order valence-corrected chi connectivity index (χ4v) is 1.57. The molecule has 0 spiro atoms. The number of carbonyl (C=O) groups excluding carboxylic acids is 2. The van der Waals surface area contributed by atoms with Crippen molar-refractivity contribution in [2.24, 2.45) is 16.8 Å². The van der Waals surface area contributed by atoms with Gasteiger partial charge in [-0.1, -0.05) is 6.92 Å². The van der Waals surface area contributed by atoms with Gasteiger partial charge in [0.15, 0.2) is 0 Å². The van der Waals surface area contributed by atoms with Crippen LogP contribution in [0.3, 0.4) is 0 Å². The van der Waals surface area contributed by atoms with Gasteiger partial charge in [0.1, 0.15) is 11.5 Å². The van der Waals surface area contributed by atoms with Crippen molar-refractivity contribution >= 4 is 18.0 Å². The number of primary amides is 1. The van der Waals surface area contributed by atoms with Gasteiger partial charge in [0.25, 0.3) is 0 Å². The number of nitrogens with zero attached hydrogens (tertiary/aromatic N) is 1. The van der Waals surface area contributed by atoms with Crippen LogP contribution < -0.4 is 11.2 Å². The molecule has 0 radical (unpaired) electrons. The van der Waals surface area contributed by atoms with E-state index in [1.165, 1.54) is 6.21 Å². The van der Waals surface area contributed by atoms with E-state index >= 15 is 0 Å². The Morgan fingerprint density at radius 3 is 2.88 bits per heavy atom. The molecule has 1 heterocycles. The Bertz CT molecular complexity index is 478. The van der Waals surface area contributed by atoms with Crippen molar-refractivity contribution in [3.05, 3.63) is 23.7 Å². The van der Waals surface area contributed by atoms with Gasteiger partial charge < -0.3 is 10.2 Å². The lowest BCUT2D eigenvalue weighted by atomic mass is 10.3. The quantitative estimate of drug-likeness (QED) is 0.449. The molecule has 1 fully saturated rings. The minimum Gasteiger partial charge on any atom is -0.460 e. The van der Waals surface area contributed by atoms with E-state index < -0.39 is 11.8 Å². The highest BCUT2D eigenvalue weighted by Crippen LogP contribution is 2.47. The number of hydrogen-bond donors (Lipinski definition) is 2. The third kappa shape index (κ3) is 2.72. The zero-order valence-electron chi connectivity index (χ0n) is 9.34. The molecule has 90 valence electrons. The van der Waals surface area contributed by atoms with Crippen molar-refractivity contribution in [1.82, 2.24) is 5.43 Å². The minimum absolute atomic E-state index is 0.498. The van der Waals surface area contributed by atoms with Gasteiger partial charge in [0, 0.05) is 5.92 Å². The lowest BCUT2D eigenvalue weighted by molar-refractivity contribution is -0.137. The third-order valence-electron chi connectivity index (χ3n) is 2.70. The first kappa shape index (κ1) is 11.4. The Morgan fingerprint density at radius 2 is 2.29 bits per heavy atom. The molecule has 2 amide bonds. The predicted octanol–water partition coefficient (Wildman–Crippen LogP) is 0.338. The molecule has 2 atom stereocenters. The van der Waals surface area contributed by atoms with Gasteiger partial charge in [-0.25, -0.2) is 5.43 Å². The highest BCUT2D eigenvalue weighted by Gasteiger charge is 2.36. The van der Waals surface area contributed by atoms with Crippen molar-refractivity contribution in [2.45, 2.75) is 19.3 Å². The van der Waals surface area contributed by atoms with Crippen LogP contribution in [0.1, 0.15) is 30.8 Å². The zero-order valence-corrected chi connectivity index (χ0v) is 9.34. The molecule has 6 nitrogen and oxygen atoms in total. The van der Waals surface area contributed by atoms with Crippen LogP contribution in [-0.2, 0) is 9.59 Å². The topological polar surface area (TPSA) is 97.7 Å². The van der Waals surface area contributed by atoms with Crippen molar-refractivity contribution in [3.8, 4) is 0 Å². The summed E-state index contributed by atoms with van der Waals surface area (Å²) in [5.41, 5.74) is 6.72. The maximum atomic E-state index is 10.8. The molecule has 1 aromatic rings. The summed E-state index contributed by atoms with van der Waals surface area (Å²) in [4.78, 5) is 21.2. The van der Waals surface area contributed by atoms with Crippen LogP contribution in [0, 0.1) is 5.92 Å². The molecule has 2 rings (SSSR count). The number of hydrogen-bond acceptors (Lipinski definition) is 4. The van der Waals surface area contributed by atoms with E-state index in [4.69, 9.17) is 10.2 Å². The number of rotatable bonds is 3. The summed E-state index contributed by atoms with van der Waals surface area (Å²) >= 11 is 0. The van der Waals surface area contributed by atoms with Gasteiger partial charge in [-0.15, -0.1) is 0 Å². The van der Waals surface area contributed by atoms with Crippen LogP contribution in [0.15, 0.2) is 21.7 Å². The van der Waals surface area contributed by atoms with Gasteiger partial charge in [-0.2, -0.15) is 5.10 Å². The molecule has 0 saturated heterocycles. The Balaban J connectivity index is 1.90. The first-order valence-electron chi connectivity index (χ1n) is 5.30.